The predicted octanol–water partition coefficient (Wildman–Crippen LogP) is 2.28. The van der Waals surface area contributed by atoms with Crippen LogP contribution in [0.4, 0.5) is 0 Å². The van der Waals surface area contributed by atoms with Crippen molar-refractivity contribution in [2.75, 3.05) is 25.1 Å². The summed E-state index contributed by atoms with van der Waals surface area (Å²) in [5, 5.41) is 8.53. The molecule has 0 aliphatic heterocycles. The first kappa shape index (κ1) is 10.4. The summed E-state index contributed by atoms with van der Waals surface area (Å²) in [7, 11) is 0.321. The molecule has 0 aliphatic rings. The van der Waals surface area contributed by atoms with Crippen molar-refractivity contribution in [2.45, 2.75) is 26.7 Å². The SMILES string of the molecule is CCP(CC)CCCCO. The lowest BCUT2D eigenvalue weighted by Gasteiger charge is -2.11. The Kier molecular flexibility index (Phi) is 7.79. The summed E-state index contributed by atoms with van der Waals surface area (Å²) in [5.41, 5.74) is 0. The van der Waals surface area contributed by atoms with Crippen LogP contribution in [0.25, 0.3) is 0 Å². The van der Waals surface area contributed by atoms with Gasteiger partial charge in [0.25, 0.3) is 0 Å². The Morgan fingerprint density at radius 3 is 2.10 bits per heavy atom. The summed E-state index contributed by atoms with van der Waals surface area (Å²) in [5.74, 6) is 0. The summed E-state index contributed by atoms with van der Waals surface area (Å²) < 4.78 is 0. The number of aliphatic hydroxyl groups excluding tert-OH is 1. The Bertz CT molecular complexity index is 62.3. The molecule has 62 valence electrons. The zero-order valence-corrected chi connectivity index (χ0v) is 8.03. The van der Waals surface area contributed by atoms with E-state index in [0.29, 0.717) is 14.5 Å². The third-order valence-corrected chi connectivity index (χ3v) is 4.51. The fraction of sp³-hybridized carbons (Fsp3) is 1.00. The van der Waals surface area contributed by atoms with Gasteiger partial charge in [-0.2, -0.15) is 0 Å². The number of unbranched alkanes of at least 4 members (excludes halogenated alkanes) is 1. The normalized spacial score (nSPS) is 10.8. The van der Waals surface area contributed by atoms with Crippen molar-refractivity contribution in [3.8, 4) is 0 Å². The number of hydrogen-bond donors (Lipinski definition) is 1. The van der Waals surface area contributed by atoms with Crippen LogP contribution in [0, 0.1) is 0 Å². The van der Waals surface area contributed by atoms with Crippen molar-refractivity contribution >= 4 is 7.92 Å². The van der Waals surface area contributed by atoms with Crippen molar-refractivity contribution in [1.82, 2.24) is 0 Å². The highest BCUT2D eigenvalue weighted by molar-refractivity contribution is 7.57. The van der Waals surface area contributed by atoms with E-state index >= 15 is 0 Å². The summed E-state index contributed by atoms with van der Waals surface area (Å²) in [4.78, 5) is 0. The second-order valence-corrected chi connectivity index (χ2v) is 5.51. The average molecular weight is 162 g/mol. The Morgan fingerprint density at radius 1 is 1.10 bits per heavy atom. The van der Waals surface area contributed by atoms with Gasteiger partial charge in [0.1, 0.15) is 0 Å². The molecular weight excluding hydrogens is 143 g/mol. The van der Waals surface area contributed by atoms with E-state index in [-0.39, 0.29) is 0 Å². The lowest BCUT2D eigenvalue weighted by molar-refractivity contribution is 0.287. The largest absolute Gasteiger partial charge is 0.396 e. The van der Waals surface area contributed by atoms with Gasteiger partial charge in [-0.3, -0.25) is 0 Å². The number of rotatable bonds is 6. The minimum absolute atomic E-state index is 0.321. The van der Waals surface area contributed by atoms with Gasteiger partial charge in [0.2, 0.25) is 0 Å². The molecule has 0 atom stereocenters. The molecule has 0 aromatic rings. The molecule has 0 rings (SSSR count). The third kappa shape index (κ3) is 5.20. The van der Waals surface area contributed by atoms with Gasteiger partial charge in [-0.05, 0) is 31.3 Å². The maximum Gasteiger partial charge on any atom is 0.0431 e. The van der Waals surface area contributed by atoms with Gasteiger partial charge in [0.15, 0.2) is 0 Å². The van der Waals surface area contributed by atoms with Crippen LogP contribution < -0.4 is 0 Å². The van der Waals surface area contributed by atoms with Crippen LogP contribution in [0.5, 0.6) is 0 Å². The number of aliphatic hydroxyl groups is 1. The molecule has 0 saturated heterocycles. The van der Waals surface area contributed by atoms with Crippen LogP contribution in [-0.4, -0.2) is 30.2 Å². The van der Waals surface area contributed by atoms with Crippen LogP contribution in [0.15, 0.2) is 0 Å². The Labute approximate surface area is 65.6 Å². The topological polar surface area (TPSA) is 20.2 Å². The highest BCUT2D eigenvalue weighted by atomic mass is 31.1. The summed E-state index contributed by atoms with van der Waals surface area (Å²) in [6.07, 6.45) is 6.31. The molecule has 0 bridgehead atoms. The van der Waals surface area contributed by atoms with Gasteiger partial charge in [0, 0.05) is 6.61 Å². The molecule has 0 aliphatic carbocycles. The lowest BCUT2D eigenvalue weighted by atomic mass is 10.4. The van der Waals surface area contributed by atoms with E-state index in [4.69, 9.17) is 5.11 Å². The third-order valence-electron chi connectivity index (χ3n) is 1.78. The fourth-order valence-corrected chi connectivity index (χ4v) is 2.74. The molecule has 0 saturated carbocycles. The summed E-state index contributed by atoms with van der Waals surface area (Å²) in [6, 6.07) is 0. The minimum Gasteiger partial charge on any atom is -0.396 e. The molecule has 0 aromatic carbocycles. The minimum atomic E-state index is 0.321. The van der Waals surface area contributed by atoms with E-state index < -0.39 is 0 Å². The van der Waals surface area contributed by atoms with Gasteiger partial charge in [0.05, 0.1) is 0 Å². The summed E-state index contributed by atoms with van der Waals surface area (Å²) in [6.45, 7) is 4.92. The molecule has 0 spiro atoms. The van der Waals surface area contributed by atoms with Crippen molar-refractivity contribution in [1.29, 1.82) is 0 Å². The van der Waals surface area contributed by atoms with E-state index in [1.54, 1.807) is 0 Å². The summed E-state index contributed by atoms with van der Waals surface area (Å²) >= 11 is 0. The Hall–Kier alpha value is 0.390. The highest BCUT2D eigenvalue weighted by Crippen LogP contribution is 2.34. The van der Waals surface area contributed by atoms with E-state index in [2.05, 4.69) is 13.8 Å². The van der Waals surface area contributed by atoms with Crippen molar-refractivity contribution < 1.29 is 5.11 Å². The molecule has 0 fully saturated rings. The monoisotopic (exact) mass is 162 g/mol. The molecule has 0 aromatic heterocycles. The first-order valence-electron chi connectivity index (χ1n) is 4.18. The van der Waals surface area contributed by atoms with Crippen LogP contribution in [-0.2, 0) is 0 Å². The van der Waals surface area contributed by atoms with Crippen LogP contribution in [0.3, 0.4) is 0 Å². The maximum absolute atomic E-state index is 8.53. The van der Waals surface area contributed by atoms with Gasteiger partial charge in [-0.1, -0.05) is 13.8 Å². The Balaban J connectivity index is 3.09. The van der Waals surface area contributed by atoms with Gasteiger partial charge < -0.3 is 5.11 Å². The van der Waals surface area contributed by atoms with Crippen LogP contribution in [0.2, 0.25) is 0 Å². The van der Waals surface area contributed by atoms with Crippen LogP contribution in [0.1, 0.15) is 26.7 Å². The van der Waals surface area contributed by atoms with Crippen molar-refractivity contribution in [3.05, 3.63) is 0 Å². The van der Waals surface area contributed by atoms with E-state index in [9.17, 15) is 0 Å². The standard InChI is InChI=1S/C8H19OP/c1-3-10(4-2)8-6-5-7-9/h9H,3-8H2,1-2H3. The molecule has 10 heavy (non-hydrogen) atoms. The molecule has 1 nitrogen and oxygen atoms in total. The smallest absolute Gasteiger partial charge is 0.0431 e. The van der Waals surface area contributed by atoms with E-state index in [1.807, 2.05) is 0 Å². The van der Waals surface area contributed by atoms with Gasteiger partial charge in [-0.15, -0.1) is 7.92 Å². The van der Waals surface area contributed by atoms with E-state index in [1.165, 1.54) is 24.9 Å². The predicted molar refractivity (Wildman–Crippen MR) is 49.2 cm³/mol. The van der Waals surface area contributed by atoms with E-state index in [0.717, 1.165) is 6.42 Å². The molecule has 0 radical (unpaired) electrons. The molecule has 1 N–H and O–H groups in total. The highest BCUT2D eigenvalue weighted by Gasteiger charge is 1.99. The first-order chi connectivity index (χ1) is 4.85. The van der Waals surface area contributed by atoms with Gasteiger partial charge in [-0.25, -0.2) is 0 Å². The molecular formula is C8H19OP. The van der Waals surface area contributed by atoms with Crippen molar-refractivity contribution in [3.63, 3.8) is 0 Å². The maximum atomic E-state index is 8.53. The quantitative estimate of drug-likeness (QED) is 0.469. The molecule has 0 amide bonds. The molecule has 0 unspecified atom stereocenters. The fourth-order valence-electron chi connectivity index (χ4n) is 0.987. The second-order valence-electron chi connectivity index (χ2n) is 2.46. The Morgan fingerprint density at radius 2 is 1.70 bits per heavy atom. The zero-order valence-electron chi connectivity index (χ0n) is 7.14. The zero-order chi connectivity index (χ0) is 7.82. The second kappa shape index (κ2) is 7.50. The lowest BCUT2D eigenvalue weighted by Crippen LogP contribution is -1.91. The number of hydrogen-bond acceptors (Lipinski definition) is 1. The molecule has 0 heterocycles. The van der Waals surface area contributed by atoms with Crippen molar-refractivity contribution in [2.24, 2.45) is 0 Å². The molecule has 2 heteroatoms. The average Bonchev–Trinajstić information content (AvgIpc) is 1.99. The van der Waals surface area contributed by atoms with Gasteiger partial charge >= 0.3 is 0 Å². The van der Waals surface area contributed by atoms with Crippen LogP contribution >= 0.6 is 7.92 Å². The first-order valence-corrected chi connectivity index (χ1v) is 6.08.